The number of ether oxygens (including phenoxy) is 2. The van der Waals surface area contributed by atoms with E-state index in [0.717, 1.165) is 18.9 Å². The minimum Gasteiger partial charge on any atom is -0.465 e. The minimum absolute atomic E-state index is 0.0117. The number of carbonyl (C=O) groups is 2. The zero-order chi connectivity index (χ0) is 19.0. The standard InChI is InChI=1S/C15H16N2O6.C2H6/c1-3-23-15(19)11(9-4-5-9)7-12-13(17(20)21)6-10(8-16-12)14(18)22-2;1-2/h6-9H,3-5H2,1-2H3;1-2H3/b11-7-;. The van der Waals surface area contributed by atoms with Gasteiger partial charge in [-0.05, 0) is 31.8 Å². The number of nitrogens with zero attached hydrogens (tertiary/aromatic N) is 2. The van der Waals surface area contributed by atoms with Crippen LogP contribution in [0.5, 0.6) is 0 Å². The normalized spacial score (nSPS) is 13.4. The summed E-state index contributed by atoms with van der Waals surface area (Å²) in [5.41, 5.74) is -0.0123. The predicted octanol–water partition coefficient (Wildman–Crippen LogP) is 3.16. The van der Waals surface area contributed by atoms with E-state index in [4.69, 9.17) is 4.74 Å². The average molecular weight is 350 g/mol. The van der Waals surface area contributed by atoms with Gasteiger partial charge in [0.1, 0.15) is 5.69 Å². The van der Waals surface area contributed by atoms with Gasteiger partial charge in [0.2, 0.25) is 0 Å². The molecule has 0 bridgehead atoms. The van der Waals surface area contributed by atoms with E-state index in [1.54, 1.807) is 6.92 Å². The summed E-state index contributed by atoms with van der Waals surface area (Å²) in [7, 11) is 1.17. The van der Waals surface area contributed by atoms with Gasteiger partial charge in [-0.25, -0.2) is 14.6 Å². The van der Waals surface area contributed by atoms with Crippen LogP contribution in [0.15, 0.2) is 17.8 Å². The SMILES string of the molecule is CC.CCOC(=O)/C(=C\c1ncc(C(=O)OC)cc1[N+](=O)[O-])C1CC1. The van der Waals surface area contributed by atoms with Gasteiger partial charge in [-0.15, -0.1) is 0 Å². The third-order valence-electron chi connectivity index (χ3n) is 3.34. The lowest BCUT2D eigenvalue weighted by Gasteiger charge is -2.06. The molecule has 1 aliphatic carbocycles. The van der Waals surface area contributed by atoms with E-state index in [-0.39, 0.29) is 29.5 Å². The summed E-state index contributed by atoms with van der Waals surface area (Å²) in [5.74, 6) is -1.18. The van der Waals surface area contributed by atoms with E-state index < -0.39 is 16.9 Å². The number of aromatic nitrogens is 1. The Morgan fingerprint density at radius 1 is 1.40 bits per heavy atom. The van der Waals surface area contributed by atoms with Crippen LogP contribution < -0.4 is 0 Å². The second kappa shape index (κ2) is 9.51. The molecule has 0 atom stereocenters. The molecule has 0 aliphatic heterocycles. The third kappa shape index (κ3) is 5.37. The van der Waals surface area contributed by atoms with Crippen LogP contribution in [0.4, 0.5) is 5.69 Å². The summed E-state index contributed by atoms with van der Waals surface area (Å²) in [6, 6.07) is 1.08. The molecule has 8 nitrogen and oxygen atoms in total. The van der Waals surface area contributed by atoms with Crippen LogP contribution in [0.3, 0.4) is 0 Å². The quantitative estimate of drug-likeness (QED) is 0.335. The number of hydrogen-bond donors (Lipinski definition) is 0. The molecule has 0 saturated heterocycles. The van der Waals surface area contributed by atoms with Gasteiger partial charge >= 0.3 is 11.9 Å². The van der Waals surface area contributed by atoms with E-state index in [1.807, 2.05) is 13.8 Å². The molecule has 136 valence electrons. The number of pyridine rings is 1. The van der Waals surface area contributed by atoms with Crippen LogP contribution in [0, 0.1) is 16.0 Å². The Labute approximate surface area is 146 Å². The van der Waals surface area contributed by atoms with Crippen molar-refractivity contribution in [2.45, 2.75) is 33.6 Å². The van der Waals surface area contributed by atoms with Crippen molar-refractivity contribution < 1.29 is 24.0 Å². The maximum atomic E-state index is 12.0. The lowest BCUT2D eigenvalue weighted by Crippen LogP contribution is -2.10. The van der Waals surface area contributed by atoms with Crippen LogP contribution in [0.25, 0.3) is 6.08 Å². The molecule has 0 amide bonds. The molecule has 0 radical (unpaired) electrons. The fourth-order valence-electron chi connectivity index (χ4n) is 2.05. The third-order valence-corrected chi connectivity index (χ3v) is 3.34. The second-order valence-electron chi connectivity index (χ2n) is 4.97. The van der Waals surface area contributed by atoms with Crippen molar-refractivity contribution in [3.63, 3.8) is 0 Å². The predicted molar refractivity (Wildman–Crippen MR) is 90.9 cm³/mol. The molecule has 1 aliphatic rings. The van der Waals surface area contributed by atoms with Crippen molar-refractivity contribution in [3.8, 4) is 0 Å². The Bertz CT molecular complexity index is 680. The fraction of sp³-hybridized carbons (Fsp3) is 0.471. The molecular formula is C17H22N2O6. The average Bonchev–Trinajstić information content (AvgIpc) is 3.45. The van der Waals surface area contributed by atoms with Gasteiger partial charge in [-0.1, -0.05) is 13.8 Å². The van der Waals surface area contributed by atoms with Crippen molar-refractivity contribution in [2.24, 2.45) is 5.92 Å². The Balaban J connectivity index is 0.00000151. The summed E-state index contributed by atoms with van der Waals surface area (Å²) in [4.78, 5) is 37.9. The maximum Gasteiger partial charge on any atom is 0.339 e. The van der Waals surface area contributed by atoms with Crippen molar-refractivity contribution in [3.05, 3.63) is 39.2 Å². The molecule has 8 heteroatoms. The molecular weight excluding hydrogens is 328 g/mol. The van der Waals surface area contributed by atoms with Crippen molar-refractivity contribution in [1.29, 1.82) is 0 Å². The molecule has 1 heterocycles. The van der Waals surface area contributed by atoms with Crippen LogP contribution in [0.2, 0.25) is 0 Å². The highest BCUT2D eigenvalue weighted by atomic mass is 16.6. The summed E-state index contributed by atoms with van der Waals surface area (Å²) < 4.78 is 9.50. The Hall–Kier alpha value is -2.77. The highest BCUT2D eigenvalue weighted by Gasteiger charge is 2.32. The Morgan fingerprint density at radius 3 is 2.52 bits per heavy atom. The van der Waals surface area contributed by atoms with Crippen LogP contribution in [-0.2, 0) is 14.3 Å². The zero-order valence-electron chi connectivity index (χ0n) is 14.8. The summed E-state index contributed by atoms with van der Waals surface area (Å²) in [5, 5.41) is 11.2. The second-order valence-corrected chi connectivity index (χ2v) is 4.97. The van der Waals surface area contributed by atoms with E-state index in [9.17, 15) is 19.7 Å². The molecule has 1 aromatic rings. The summed E-state index contributed by atoms with van der Waals surface area (Å²) in [6.45, 7) is 5.91. The lowest BCUT2D eigenvalue weighted by molar-refractivity contribution is -0.385. The van der Waals surface area contributed by atoms with Gasteiger partial charge in [0, 0.05) is 17.8 Å². The number of methoxy groups -OCH3 is 1. The number of hydrogen-bond acceptors (Lipinski definition) is 7. The van der Waals surface area contributed by atoms with E-state index in [0.29, 0.717) is 5.57 Å². The molecule has 1 aromatic heterocycles. The molecule has 1 saturated carbocycles. The number of rotatable bonds is 6. The van der Waals surface area contributed by atoms with Crippen molar-refractivity contribution in [2.75, 3.05) is 13.7 Å². The topological polar surface area (TPSA) is 109 Å². The first-order valence-corrected chi connectivity index (χ1v) is 8.09. The molecule has 1 fully saturated rings. The highest BCUT2D eigenvalue weighted by molar-refractivity contribution is 5.95. The van der Waals surface area contributed by atoms with Crippen molar-refractivity contribution >= 4 is 23.7 Å². The van der Waals surface area contributed by atoms with Gasteiger partial charge in [0.05, 0.1) is 24.2 Å². The number of carbonyl (C=O) groups excluding carboxylic acids is 2. The minimum atomic E-state index is -0.719. The van der Waals surface area contributed by atoms with Gasteiger partial charge in [0.25, 0.3) is 5.69 Å². The zero-order valence-corrected chi connectivity index (χ0v) is 14.8. The van der Waals surface area contributed by atoms with E-state index in [1.165, 1.54) is 19.4 Å². The molecule has 0 N–H and O–H groups in total. The highest BCUT2D eigenvalue weighted by Crippen LogP contribution is 2.38. The van der Waals surface area contributed by atoms with Crippen LogP contribution in [0.1, 0.15) is 49.7 Å². The summed E-state index contributed by atoms with van der Waals surface area (Å²) >= 11 is 0. The first kappa shape index (κ1) is 20.3. The Morgan fingerprint density at radius 2 is 2.04 bits per heavy atom. The molecule has 0 spiro atoms. The molecule has 2 rings (SSSR count). The first-order chi connectivity index (χ1) is 12.0. The number of esters is 2. The monoisotopic (exact) mass is 350 g/mol. The smallest absolute Gasteiger partial charge is 0.339 e. The largest absolute Gasteiger partial charge is 0.465 e. The fourth-order valence-corrected chi connectivity index (χ4v) is 2.05. The Kier molecular flexibility index (Phi) is 7.71. The van der Waals surface area contributed by atoms with E-state index >= 15 is 0 Å². The van der Waals surface area contributed by atoms with Gasteiger partial charge in [-0.3, -0.25) is 10.1 Å². The van der Waals surface area contributed by atoms with Gasteiger partial charge in [0.15, 0.2) is 0 Å². The maximum absolute atomic E-state index is 12.0. The van der Waals surface area contributed by atoms with Crippen LogP contribution >= 0.6 is 0 Å². The van der Waals surface area contributed by atoms with Gasteiger partial charge < -0.3 is 9.47 Å². The first-order valence-electron chi connectivity index (χ1n) is 8.09. The van der Waals surface area contributed by atoms with Gasteiger partial charge in [-0.2, -0.15) is 0 Å². The molecule has 0 aromatic carbocycles. The molecule has 25 heavy (non-hydrogen) atoms. The lowest BCUT2D eigenvalue weighted by atomic mass is 10.1. The van der Waals surface area contributed by atoms with E-state index in [2.05, 4.69) is 9.72 Å². The van der Waals surface area contributed by atoms with Crippen molar-refractivity contribution in [1.82, 2.24) is 4.98 Å². The number of nitro groups is 1. The molecule has 0 unspecified atom stereocenters. The van der Waals surface area contributed by atoms with Crippen LogP contribution in [-0.4, -0.2) is 35.6 Å². The summed E-state index contributed by atoms with van der Waals surface area (Å²) in [6.07, 6.45) is 4.21.